The molecule has 1 atom stereocenters. The minimum absolute atomic E-state index is 0.0420. The maximum absolute atomic E-state index is 13.2. The number of aromatic nitrogens is 2. The molecule has 2 amide bonds. The maximum Gasteiger partial charge on any atom is 0.246 e. The van der Waals surface area contributed by atoms with Crippen LogP contribution < -0.4 is 9.80 Å². The van der Waals surface area contributed by atoms with E-state index in [-0.39, 0.29) is 24.3 Å². The Bertz CT molecular complexity index is 1320. The number of rotatable bonds is 5. The number of anilines is 2. The van der Waals surface area contributed by atoms with Crippen molar-refractivity contribution in [1.82, 2.24) is 9.55 Å². The summed E-state index contributed by atoms with van der Waals surface area (Å²) in [4.78, 5) is 34.4. The average molecular weight is 503 g/mol. The quantitative estimate of drug-likeness (QED) is 0.386. The molecule has 1 unspecified atom stereocenters. The van der Waals surface area contributed by atoms with Gasteiger partial charge in [0.1, 0.15) is 12.4 Å². The second kappa shape index (κ2) is 8.83. The number of fused-ring (bicyclic) bond motifs is 1. The molecule has 0 saturated carbocycles. The number of amides is 2. The Morgan fingerprint density at radius 2 is 1.73 bits per heavy atom. The molecule has 0 aliphatic carbocycles. The van der Waals surface area contributed by atoms with Crippen LogP contribution in [-0.2, 0) is 16.1 Å². The number of imidazole rings is 1. The fourth-order valence-electron chi connectivity index (χ4n) is 4.36. The molecule has 1 aliphatic rings. The summed E-state index contributed by atoms with van der Waals surface area (Å²) in [5, 5.41) is 0. The number of halogens is 1. The standard InChI is InChI=1S/C26H23BrN4O2/c1-29(20-7-3-2-4-8-20)25(33)17-31-23-10-6-5-9-22(23)28-26(31)18-15-24(32)30(16-18)21-13-11-19(27)12-14-21/h2-14,18H,15-17H2,1H3. The van der Waals surface area contributed by atoms with Gasteiger partial charge >= 0.3 is 0 Å². The van der Waals surface area contributed by atoms with Gasteiger partial charge in [0, 0.05) is 41.8 Å². The Morgan fingerprint density at radius 1 is 1.03 bits per heavy atom. The number of carbonyl (C=O) groups excluding carboxylic acids is 2. The van der Waals surface area contributed by atoms with Crippen LogP contribution in [0.1, 0.15) is 18.2 Å². The average Bonchev–Trinajstić information content (AvgIpc) is 3.40. The van der Waals surface area contributed by atoms with Crippen molar-refractivity contribution >= 4 is 50.2 Å². The summed E-state index contributed by atoms with van der Waals surface area (Å²) >= 11 is 3.45. The maximum atomic E-state index is 13.2. The van der Waals surface area contributed by atoms with Gasteiger partial charge < -0.3 is 14.4 Å². The normalized spacial score (nSPS) is 15.9. The zero-order chi connectivity index (χ0) is 22.9. The van der Waals surface area contributed by atoms with Crippen LogP contribution in [0.3, 0.4) is 0 Å². The lowest BCUT2D eigenvalue weighted by atomic mass is 10.1. The Hall–Kier alpha value is -3.45. The predicted octanol–water partition coefficient (Wildman–Crippen LogP) is 4.98. The lowest BCUT2D eigenvalue weighted by molar-refractivity contribution is -0.119. The van der Waals surface area contributed by atoms with Crippen LogP contribution in [0, 0.1) is 0 Å². The third-order valence-corrected chi connectivity index (χ3v) is 6.65. The summed E-state index contributed by atoms with van der Waals surface area (Å²) in [5.41, 5.74) is 3.44. The molecule has 1 saturated heterocycles. The van der Waals surface area contributed by atoms with E-state index >= 15 is 0 Å². The van der Waals surface area contributed by atoms with Crippen LogP contribution in [0.4, 0.5) is 11.4 Å². The van der Waals surface area contributed by atoms with E-state index < -0.39 is 0 Å². The first-order chi connectivity index (χ1) is 16.0. The Morgan fingerprint density at radius 3 is 2.48 bits per heavy atom. The monoisotopic (exact) mass is 502 g/mol. The van der Waals surface area contributed by atoms with Crippen molar-refractivity contribution < 1.29 is 9.59 Å². The number of hydrogen-bond acceptors (Lipinski definition) is 3. The van der Waals surface area contributed by atoms with Crippen LogP contribution in [0.15, 0.2) is 83.3 Å². The van der Waals surface area contributed by atoms with Gasteiger partial charge in [-0.2, -0.15) is 0 Å². The molecule has 3 aromatic carbocycles. The van der Waals surface area contributed by atoms with E-state index in [9.17, 15) is 9.59 Å². The summed E-state index contributed by atoms with van der Waals surface area (Å²) in [6, 6.07) is 25.1. The summed E-state index contributed by atoms with van der Waals surface area (Å²) in [7, 11) is 1.78. The third-order valence-electron chi connectivity index (χ3n) is 6.12. The second-order valence-corrected chi connectivity index (χ2v) is 9.13. The number of benzene rings is 3. The van der Waals surface area contributed by atoms with Crippen molar-refractivity contribution in [2.24, 2.45) is 0 Å². The molecule has 1 aliphatic heterocycles. The Kier molecular flexibility index (Phi) is 5.72. The number of nitrogens with zero attached hydrogens (tertiary/aromatic N) is 4. The highest BCUT2D eigenvalue weighted by Gasteiger charge is 2.35. The molecule has 5 rings (SSSR count). The van der Waals surface area contributed by atoms with Crippen molar-refractivity contribution in [2.45, 2.75) is 18.9 Å². The topological polar surface area (TPSA) is 58.4 Å². The van der Waals surface area contributed by atoms with Crippen LogP contribution >= 0.6 is 15.9 Å². The van der Waals surface area contributed by atoms with E-state index in [1.807, 2.05) is 83.4 Å². The molecule has 6 nitrogen and oxygen atoms in total. The number of likely N-dealkylation sites (N-methyl/N-ethyl adjacent to an activating group) is 1. The van der Waals surface area contributed by atoms with Gasteiger partial charge in [-0.15, -0.1) is 0 Å². The van der Waals surface area contributed by atoms with E-state index in [2.05, 4.69) is 15.9 Å². The van der Waals surface area contributed by atoms with Gasteiger partial charge in [-0.1, -0.05) is 46.3 Å². The Balaban J connectivity index is 1.46. The van der Waals surface area contributed by atoms with Gasteiger partial charge in [0.05, 0.1) is 11.0 Å². The first-order valence-corrected chi connectivity index (χ1v) is 11.6. The van der Waals surface area contributed by atoms with Crippen molar-refractivity contribution in [3.8, 4) is 0 Å². The highest BCUT2D eigenvalue weighted by Crippen LogP contribution is 2.33. The first kappa shape index (κ1) is 21.4. The molecule has 2 heterocycles. The lowest BCUT2D eigenvalue weighted by Crippen LogP contribution is -2.31. The fourth-order valence-corrected chi connectivity index (χ4v) is 4.62. The molecule has 4 aromatic rings. The molecular weight excluding hydrogens is 480 g/mol. The molecule has 0 N–H and O–H groups in total. The van der Waals surface area contributed by atoms with Crippen molar-refractivity contribution in [3.05, 3.63) is 89.2 Å². The van der Waals surface area contributed by atoms with Crippen LogP contribution in [0.5, 0.6) is 0 Å². The zero-order valence-corrected chi connectivity index (χ0v) is 19.8. The molecule has 33 heavy (non-hydrogen) atoms. The van der Waals surface area contributed by atoms with Crippen LogP contribution in [-0.4, -0.2) is 35.0 Å². The van der Waals surface area contributed by atoms with Gasteiger partial charge in [0.15, 0.2) is 0 Å². The first-order valence-electron chi connectivity index (χ1n) is 10.8. The molecule has 0 bridgehead atoms. The van der Waals surface area contributed by atoms with Gasteiger partial charge in [0.2, 0.25) is 11.8 Å². The van der Waals surface area contributed by atoms with E-state index in [4.69, 9.17) is 4.98 Å². The molecule has 1 aromatic heterocycles. The van der Waals surface area contributed by atoms with E-state index in [0.29, 0.717) is 13.0 Å². The molecule has 0 spiro atoms. The van der Waals surface area contributed by atoms with Crippen molar-refractivity contribution in [2.75, 3.05) is 23.4 Å². The molecule has 1 fully saturated rings. The van der Waals surface area contributed by atoms with E-state index in [1.54, 1.807) is 16.8 Å². The summed E-state index contributed by atoms with van der Waals surface area (Å²) in [5.74, 6) is 0.704. The molecular formula is C26H23BrN4O2. The highest BCUT2D eigenvalue weighted by molar-refractivity contribution is 9.10. The number of carbonyl (C=O) groups is 2. The Labute approximate surface area is 200 Å². The SMILES string of the molecule is CN(C(=O)Cn1c(C2CC(=O)N(c3ccc(Br)cc3)C2)nc2ccccc21)c1ccccc1. The van der Waals surface area contributed by atoms with E-state index in [1.165, 1.54) is 0 Å². The molecule has 0 radical (unpaired) electrons. The van der Waals surface area contributed by atoms with Crippen molar-refractivity contribution in [1.29, 1.82) is 0 Å². The summed E-state index contributed by atoms with van der Waals surface area (Å²) in [6.45, 7) is 0.691. The largest absolute Gasteiger partial charge is 0.318 e. The summed E-state index contributed by atoms with van der Waals surface area (Å²) in [6.07, 6.45) is 0.363. The smallest absolute Gasteiger partial charge is 0.246 e. The number of para-hydroxylation sites is 3. The van der Waals surface area contributed by atoms with Gasteiger partial charge in [0.25, 0.3) is 0 Å². The summed E-state index contributed by atoms with van der Waals surface area (Å²) < 4.78 is 2.94. The van der Waals surface area contributed by atoms with E-state index in [0.717, 1.165) is 32.7 Å². The van der Waals surface area contributed by atoms with Crippen LogP contribution in [0.2, 0.25) is 0 Å². The fraction of sp³-hybridized carbons (Fsp3) is 0.192. The van der Waals surface area contributed by atoms with Crippen LogP contribution in [0.25, 0.3) is 11.0 Å². The molecule has 166 valence electrons. The van der Waals surface area contributed by atoms with Gasteiger partial charge in [-0.25, -0.2) is 4.98 Å². The zero-order valence-electron chi connectivity index (χ0n) is 18.2. The van der Waals surface area contributed by atoms with Gasteiger partial charge in [-0.05, 0) is 48.5 Å². The predicted molar refractivity (Wildman–Crippen MR) is 133 cm³/mol. The lowest BCUT2D eigenvalue weighted by Gasteiger charge is -2.20. The highest BCUT2D eigenvalue weighted by atomic mass is 79.9. The third kappa shape index (κ3) is 4.16. The van der Waals surface area contributed by atoms with Gasteiger partial charge in [-0.3, -0.25) is 9.59 Å². The minimum atomic E-state index is -0.0941. The molecule has 7 heteroatoms. The van der Waals surface area contributed by atoms with Crippen molar-refractivity contribution in [3.63, 3.8) is 0 Å². The minimum Gasteiger partial charge on any atom is -0.318 e. The second-order valence-electron chi connectivity index (χ2n) is 8.21. The number of hydrogen-bond donors (Lipinski definition) is 0.